The quantitative estimate of drug-likeness (QED) is 0.780. The summed E-state index contributed by atoms with van der Waals surface area (Å²) in [6.45, 7) is 7.07. The number of hydrogen-bond donors (Lipinski definition) is 0. The highest BCUT2D eigenvalue weighted by Crippen LogP contribution is 2.22. The van der Waals surface area contributed by atoms with E-state index in [-0.39, 0.29) is 11.7 Å². The highest BCUT2D eigenvalue weighted by Gasteiger charge is 2.36. The van der Waals surface area contributed by atoms with E-state index in [0.29, 0.717) is 25.2 Å². The van der Waals surface area contributed by atoms with Gasteiger partial charge in [0.15, 0.2) is 0 Å². The summed E-state index contributed by atoms with van der Waals surface area (Å²) >= 11 is 3.37. The summed E-state index contributed by atoms with van der Waals surface area (Å²) in [7, 11) is 0. The number of nitrogens with zero attached hydrogens (tertiary/aromatic N) is 4. The van der Waals surface area contributed by atoms with Crippen LogP contribution < -0.4 is 0 Å². The van der Waals surface area contributed by atoms with Gasteiger partial charge in [0.1, 0.15) is 11.4 Å². The molecular formula is C18H22BrFN4O. The number of carbonyl (C=O) groups excluding carboxylic acids is 1. The monoisotopic (exact) mass is 408 g/mol. The van der Waals surface area contributed by atoms with Crippen LogP contribution in [0.3, 0.4) is 0 Å². The smallest absolute Gasteiger partial charge is 0.250 e. The van der Waals surface area contributed by atoms with Gasteiger partial charge in [-0.3, -0.25) is 14.4 Å². The molecule has 2 aromatic rings. The van der Waals surface area contributed by atoms with Gasteiger partial charge in [-0.25, -0.2) is 4.39 Å². The molecule has 1 aromatic heterocycles. The van der Waals surface area contributed by atoms with E-state index < -0.39 is 5.54 Å². The van der Waals surface area contributed by atoms with E-state index >= 15 is 0 Å². The summed E-state index contributed by atoms with van der Waals surface area (Å²) in [5, 5.41) is 4.25. The molecule has 1 saturated heterocycles. The summed E-state index contributed by atoms with van der Waals surface area (Å²) in [6, 6.07) is 6.85. The van der Waals surface area contributed by atoms with Crippen molar-refractivity contribution >= 4 is 21.8 Å². The fourth-order valence-corrected chi connectivity index (χ4v) is 3.35. The lowest BCUT2D eigenvalue weighted by molar-refractivity contribution is -0.141. The number of piperazine rings is 1. The molecule has 134 valence electrons. The molecule has 0 atom stereocenters. The topological polar surface area (TPSA) is 41.4 Å². The third kappa shape index (κ3) is 3.93. The van der Waals surface area contributed by atoms with Crippen molar-refractivity contribution in [2.24, 2.45) is 0 Å². The molecule has 2 heterocycles. The Bertz CT molecular complexity index is 753. The molecule has 1 aliphatic rings. The SMILES string of the molecule is CC(C)(C(=O)N1CCN(Cc2ccccc2F)CC1)n1cc(Br)cn1. The number of halogens is 2. The van der Waals surface area contributed by atoms with Crippen molar-refractivity contribution in [3.63, 3.8) is 0 Å². The van der Waals surface area contributed by atoms with Gasteiger partial charge in [-0.15, -0.1) is 0 Å². The van der Waals surface area contributed by atoms with Gasteiger partial charge in [0.25, 0.3) is 0 Å². The Labute approximate surface area is 155 Å². The maximum Gasteiger partial charge on any atom is 0.250 e. The predicted molar refractivity (Wildman–Crippen MR) is 97.5 cm³/mol. The zero-order valence-electron chi connectivity index (χ0n) is 14.5. The van der Waals surface area contributed by atoms with E-state index in [1.165, 1.54) is 6.07 Å². The van der Waals surface area contributed by atoms with E-state index in [9.17, 15) is 9.18 Å². The molecule has 0 N–H and O–H groups in total. The summed E-state index contributed by atoms with van der Waals surface area (Å²) < 4.78 is 16.3. The Morgan fingerprint density at radius 2 is 1.92 bits per heavy atom. The number of aromatic nitrogens is 2. The molecule has 0 saturated carbocycles. The third-order valence-corrected chi connectivity index (χ3v) is 5.07. The van der Waals surface area contributed by atoms with Crippen LogP contribution in [-0.4, -0.2) is 51.7 Å². The molecule has 0 bridgehead atoms. The van der Waals surface area contributed by atoms with Crippen molar-refractivity contribution in [3.8, 4) is 0 Å². The second-order valence-corrected chi connectivity index (χ2v) is 7.74. The minimum absolute atomic E-state index is 0.0497. The normalized spacial score (nSPS) is 16.2. The van der Waals surface area contributed by atoms with Crippen molar-refractivity contribution in [1.82, 2.24) is 19.6 Å². The number of benzene rings is 1. The number of carbonyl (C=O) groups is 1. The maximum atomic E-state index is 13.8. The molecule has 5 nitrogen and oxygen atoms in total. The molecule has 0 radical (unpaired) electrons. The van der Waals surface area contributed by atoms with Gasteiger partial charge in [-0.1, -0.05) is 18.2 Å². The molecule has 0 spiro atoms. The Morgan fingerprint density at radius 3 is 2.52 bits per heavy atom. The highest BCUT2D eigenvalue weighted by molar-refractivity contribution is 9.10. The third-order valence-electron chi connectivity index (χ3n) is 4.66. The van der Waals surface area contributed by atoms with Gasteiger partial charge in [0.05, 0.1) is 10.7 Å². The molecule has 1 amide bonds. The first kappa shape index (κ1) is 18.1. The Balaban J connectivity index is 1.60. The van der Waals surface area contributed by atoms with E-state index in [2.05, 4.69) is 25.9 Å². The van der Waals surface area contributed by atoms with Crippen LogP contribution in [0.1, 0.15) is 19.4 Å². The Kier molecular flexibility index (Phi) is 5.24. The van der Waals surface area contributed by atoms with Gasteiger partial charge in [-0.2, -0.15) is 5.10 Å². The lowest BCUT2D eigenvalue weighted by atomic mass is 10.0. The molecule has 1 aliphatic heterocycles. The first-order valence-electron chi connectivity index (χ1n) is 8.34. The molecule has 25 heavy (non-hydrogen) atoms. The van der Waals surface area contributed by atoms with Crippen LogP contribution in [0.5, 0.6) is 0 Å². The second-order valence-electron chi connectivity index (χ2n) is 6.82. The molecule has 7 heteroatoms. The molecule has 1 aromatic carbocycles. The van der Waals surface area contributed by atoms with Gasteiger partial charge < -0.3 is 4.90 Å². The first-order chi connectivity index (χ1) is 11.9. The zero-order chi connectivity index (χ0) is 18.0. The van der Waals surface area contributed by atoms with Crippen molar-refractivity contribution in [3.05, 3.63) is 52.5 Å². The number of amides is 1. The average molecular weight is 409 g/mol. The lowest BCUT2D eigenvalue weighted by Crippen LogP contribution is -2.54. The van der Waals surface area contributed by atoms with Gasteiger partial charge in [0.2, 0.25) is 5.91 Å². The fraction of sp³-hybridized carbons (Fsp3) is 0.444. The maximum absolute atomic E-state index is 13.8. The lowest BCUT2D eigenvalue weighted by Gasteiger charge is -2.38. The van der Waals surface area contributed by atoms with Gasteiger partial charge >= 0.3 is 0 Å². The predicted octanol–water partition coefficient (Wildman–Crippen LogP) is 2.86. The van der Waals surface area contributed by atoms with Crippen LogP contribution in [0.25, 0.3) is 0 Å². The molecule has 3 rings (SSSR count). The molecule has 1 fully saturated rings. The van der Waals surface area contributed by atoms with Crippen molar-refractivity contribution < 1.29 is 9.18 Å². The average Bonchev–Trinajstić information content (AvgIpc) is 3.04. The van der Waals surface area contributed by atoms with Crippen LogP contribution in [0, 0.1) is 5.82 Å². The minimum Gasteiger partial charge on any atom is -0.338 e. The summed E-state index contributed by atoms with van der Waals surface area (Å²) in [5.41, 5.74) is -0.0382. The Hall–Kier alpha value is -1.73. The molecule has 0 aliphatic carbocycles. The van der Waals surface area contributed by atoms with E-state index in [0.717, 1.165) is 17.6 Å². The van der Waals surface area contributed by atoms with Crippen LogP contribution >= 0.6 is 15.9 Å². The fourth-order valence-electron chi connectivity index (χ4n) is 3.07. The van der Waals surface area contributed by atoms with E-state index in [1.54, 1.807) is 16.9 Å². The van der Waals surface area contributed by atoms with Crippen LogP contribution in [0.4, 0.5) is 4.39 Å². The van der Waals surface area contributed by atoms with Crippen LogP contribution in [0.15, 0.2) is 41.1 Å². The first-order valence-corrected chi connectivity index (χ1v) is 9.13. The molecular weight excluding hydrogens is 387 g/mol. The van der Waals surface area contributed by atoms with Crippen molar-refractivity contribution in [2.45, 2.75) is 25.9 Å². The molecule has 0 unspecified atom stereocenters. The van der Waals surface area contributed by atoms with Crippen molar-refractivity contribution in [1.29, 1.82) is 0 Å². The van der Waals surface area contributed by atoms with Gasteiger partial charge in [0, 0.05) is 44.5 Å². The number of hydrogen-bond acceptors (Lipinski definition) is 3. The van der Waals surface area contributed by atoms with E-state index in [4.69, 9.17) is 0 Å². The summed E-state index contributed by atoms with van der Waals surface area (Å²) in [4.78, 5) is 17.0. The largest absolute Gasteiger partial charge is 0.338 e. The van der Waals surface area contributed by atoms with Gasteiger partial charge in [-0.05, 0) is 35.8 Å². The number of rotatable bonds is 4. The summed E-state index contributed by atoms with van der Waals surface area (Å²) in [6.07, 6.45) is 3.49. The Morgan fingerprint density at radius 1 is 1.24 bits per heavy atom. The van der Waals surface area contributed by atoms with Crippen molar-refractivity contribution in [2.75, 3.05) is 26.2 Å². The summed E-state index contributed by atoms with van der Waals surface area (Å²) in [5.74, 6) is -0.125. The second kappa shape index (κ2) is 7.25. The minimum atomic E-state index is -0.736. The van der Waals surface area contributed by atoms with Crippen LogP contribution in [-0.2, 0) is 16.9 Å². The van der Waals surface area contributed by atoms with Crippen LogP contribution in [0.2, 0.25) is 0 Å². The standard InChI is InChI=1S/C18H22BrFN4O/c1-18(2,24-13-15(19)11-21-24)17(25)23-9-7-22(8-10-23)12-14-5-3-4-6-16(14)20/h3-6,11,13H,7-10,12H2,1-2H3. The zero-order valence-corrected chi connectivity index (χ0v) is 16.0. The highest BCUT2D eigenvalue weighted by atomic mass is 79.9. The van der Waals surface area contributed by atoms with E-state index in [1.807, 2.05) is 37.1 Å².